The van der Waals surface area contributed by atoms with Crippen LogP contribution >= 0.6 is 0 Å². The van der Waals surface area contributed by atoms with Crippen LogP contribution in [0.25, 0.3) is 11.1 Å². The maximum Gasteiger partial charge on any atom is 0.243 e. The normalized spacial score (nSPS) is 12.5. The van der Waals surface area contributed by atoms with Gasteiger partial charge in [0.2, 0.25) is 23.6 Å². The molecule has 0 fully saturated rings. The van der Waals surface area contributed by atoms with Gasteiger partial charge in [0.1, 0.15) is 60.9 Å². The van der Waals surface area contributed by atoms with E-state index in [-0.39, 0.29) is 30.1 Å². The number of hydrogen-bond acceptors (Lipinski definition) is 18. The minimum absolute atomic E-state index is 0. The summed E-state index contributed by atoms with van der Waals surface area (Å²) in [7, 11) is 8.76. The number of halogens is 1. The molecule has 25 heteroatoms. The van der Waals surface area contributed by atoms with Gasteiger partial charge in [-0.05, 0) is 166 Å². The fourth-order valence-electron chi connectivity index (χ4n) is 7.87. The quantitative estimate of drug-likeness (QED) is 0.0144. The Morgan fingerprint density at radius 2 is 1.31 bits per heavy atom. The maximum atomic E-state index is 13.3. The number of unbranched alkanes of at least 4 members (excludes halogenated alkanes) is 1. The van der Waals surface area contributed by atoms with Gasteiger partial charge < -0.3 is 97.4 Å². The smallest absolute Gasteiger partial charge is 0.243 e. The van der Waals surface area contributed by atoms with Crippen molar-refractivity contribution in [1.29, 1.82) is 0 Å². The van der Waals surface area contributed by atoms with Crippen molar-refractivity contribution in [3.05, 3.63) is 124 Å². The van der Waals surface area contributed by atoms with Gasteiger partial charge in [0.15, 0.2) is 0 Å². The molecule has 0 saturated carbocycles. The van der Waals surface area contributed by atoms with E-state index in [0.29, 0.717) is 50.7 Å². The molecule has 4 rings (SSSR count). The minimum Gasteiger partial charge on any atom is -0.520 e. The average Bonchev–Trinajstić information content (AvgIpc) is 3.09. The van der Waals surface area contributed by atoms with Crippen molar-refractivity contribution in [2.24, 2.45) is 5.73 Å². The summed E-state index contributed by atoms with van der Waals surface area (Å²) >= 11 is 0. The molecule has 0 aromatic heterocycles. The van der Waals surface area contributed by atoms with E-state index in [9.17, 15) is 57.8 Å². The predicted octanol–water partition coefficient (Wildman–Crippen LogP) is 2.11. The van der Waals surface area contributed by atoms with Crippen LogP contribution in [0.5, 0.6) is 5.75 Å². The van der Waals surface area contributed by atoms with Gasteiger partial charge in [0, 0.05) is 27.7 Å². The molecule has 14 N–H and O–H groups in total. The Hall–Kier alpha value is -8.68. The second-order valence-electron chi connectivity index (χ2n) is 19.8. The number of ether oxygens (including phenoxy) is 1. The molecule has 5 amide bonds. The first-order valence-electron chi connectivity index (χ1n) is 29.2. The fourth-order valence-corrected chi connectivity index (χ4v) is 7.87. The van der Waals surface area contributed by atoms with E-state index in [1.165, 1.54) is 61.1 Å². The summed E-state index contributed by atoms with van der Waals surface area (Å²) < 4.78 is 18.2. The molecule has 510 valence electrons. The molecule has 0 heterocycles. The van der Waals surface area contributed by atoms with Crippen LogP contribution in [0, 0.1) is 26.6 Å². The van der Waals surface area contributed by atoms with Crippen molar-refractivity contribution in [3.8, 4) is 16.9 Å². The molecule has 0 radical (unpaired) electrons. The monoisotopic (exact) mass is 1510 g/mol. The largest absolute Gasteiger partial charge is 0.520 e. The summed E-state index contributed by atoms with van der Waals surface area (Å²) in [6.07, 6.45) is 7.48. The third-order valence-corrected chi connectivity index (χ3v) is 12.8. The first-order chi connectivity index (χ1) is 42.6. The van der Waals surface area contributed by atoms with Crippen molar-refractivity contribution in [3.63, 3.8) is 0 Å². The Bertz CT molecular complexity index is 2580. The fraction of sp³-hybridized carbons (Fsp3) is 0.492. The molecule has 4 aromatic rings. The number of aliphatic hydroxyl groups excluding tert-OH is 4. The number of carbonyl (C=O) groups is 8. The van der Waals surface area contributed by atoms with Crippen molar-refractivity contribution in [2.75, 3.05) is 62.1 Å². The van der Waals surface area contributed by atoms with Gasteiger partial charge in [-0.15, -0.1) is 0 Å². The zero-order valence-electron chi connectivity index (χ0n) is 54.4. The third-order valence-electron chi connectivity index (χ3n) is 12.8. The van der Waals surface area contributed by atoms with Crippen LogP contribution in [0.15, 0.2) is 84.9 Å². The topological polar surface area (TPSA) is 366 Å². The van der Waals surface area contributed by atoms with E-state index in [2.05, 4.69) is 113 Å². The average molecular weight is 1510 g/mol. The third kappa shape index (κ3) is 37.9. The summed E-state index contributed by atoms with van der Waals surface area (Å²) in [6.45, 7) is 13.9. The molecular weight excluding hydrogens is 1410 g/mol. The summed E-state index contributed by atoms with van der Waals surface area (Å²) in [5.41, 5.74) is 14.6. The van der Waals surface area contributed by atoms with Gasteiger partial charge in [0.05, 0.1) is 37.4 Å². The molecule has 0 aliphatic carbocycles. The molecule has 23 nitrogen and oxygen atoms in total. The van der Waals surface area contributed by atoms with Gasteiger partial charge in [-0.2, -0.15) is 6.41 Å². The first kappa shape index (κ1) is 87.8. The van der Waals surface area contributed by atoms with E-state index in [4.69, 9.17) is 20.7 Å². The molecule has 0 bridgehead atoms. The molecular formula is C65H101FFmN9O14-. The zero-order valence-corrected chi connectivity index (χ0v) is 56.8. The number of nitrogens with two attached hydrogens (primary N) is 1. The summed E-state index contributed by atoms with van der Waals surface area (Å²) in [5.74, 6) is -1.07. The number of benzene rings is 4. The van der Waals surface area contributed by atoms with E-state index < -0.39 is 54.2 Å². The summed E-state index contributed by atoms with van der Waals surface area (Å²) in [5, 5.41) is 53.2. The van der Waals surface area contributed by atoms with E-state index in [1.807, 2.05) is 17.4 Å². The van der Waals surface area contributed by atoms with Crippen LogP contribution in [0.1, 0.15) is 93.2 Å². The molecule has 0 aliphatic heterocycles. The second-order valence-corrected chi connectivity index (χ2v) is 19.8. The van der Waals surface area contributed by atoms with Crippen molar-refractivity contribution in [2.45, 2.75) is 148 Å². The van der Waals surface area contributed by atoms with Crippen LogP contribution in [-0.4, -0.2) is 186 Å². The van der Waals surface area contributed by atoms with E-state index in [0.717, 1.165) is 75.8 Å². The Balaban J connectivity index is -0.000000645. The first-order valence-corrected chi connectivity index (χ1v) is 29.2. The van der Waals surface area contributed by atoms with Gasteiger partial charge in [-0.1, -0.05) is 84.8 Å². The second kappa shape index (κ2) is 54.5. The van der Waals surface area contributed by atoms with Crippen LogP contribution in [0.2, 0.25) is 0 Å². The zero-order chi connectivity index (χ0) is 68.3. The number of amides is 5. The number of carbonyl (C=O) groups excluding carboxylic acids is 9. The Kier molecular flexibility index (Phi) is 53.1. The molecule has 7 unspecified atom stereocenters. The Morgan fingerprint density at radius 1 is 0.689 bits per heavy atom. The van der Waals surface area contributed by atoms with Gasteiger partial charge in [0.25, 0.3) is 0 Å². The number of aryl methyl sites for hydroxylation is 5. The number of aldehydes is 4. The standard InChI is InChI=1S/C36H50N4O3.C12H20N3O6.C7H7F.C5H9NO2.C3H7NO.2CH4O.Fm/c1-6-29-24-31(43-19-8-7-18-37)16-17-32(29)30-14-12-27(13-15-30)23-34(38-4)36(42)40-33(35(41)39-5)11-9-10-28-21-25(2)20-26(3)22-28;1-6(11(20)15-9(4-16)7(2)18)14-12(21)10(8(3)19)13-5-17;1-6-4-2-3-5-7(6)8;1-6-5(4-8)2-3-7;1-4-2-3-5;2*1-2;/h12-17,20-22,24,33-34,38H,6-11,18-19,23,37H2,1-5H3,(H,39,41)(H,40,42);4,6-10,18-19H,1-3H3,(H,13,17)(H,14,21)(H,15,20);2-5H,1H3;3-6H,2H2,1H3;3-4H,2H2,1H3;2*2H,1H3;/q;-1;;;;;;/t33?,34-;;;;;;;/m0......./s1. The Morgan fingerprint density at radius 3 is 1.74 bits per heavy atom. The van der Waals surface area contributed by atoms with Gasteiger partial charge in [-0.25, -0.2) is 4.39 Å². The molecule has 0 saturated heterocycles. The van der Waals surface area contributed by atoms with E-state index in [1.54, 1.807) is 47.2 Å². The summed E-state index contributed by atoms with van der Waals surface area (Å²) in [6, 6.07) is 23.1. The van der Waals surface area contributed by atoms with Crippen LogP contribution < -0.4 is 53.0 Å². The van der Waals surface area contributed by atoms with Gasteiger partial charge >= 0.3 is 0 Å². The van der Waals surface area contributed by atoms with Gasteiger partial charge in [-0.3, -0.25) is 19.2 Å². The van der Waals surface area contributed by atoms with Crippen LogP contribution in [0.3, 0.4) is 0 Å². The number of likely N-dealkylation sites (N-methyl/N-ethyl adjacent to an activating group) is 4. The summed E-state index contributed by atoms with van der Waals surface area (Å²) in [4.78, 5) is 99.3. The number of nitrogens with one attached hydrogen (secondary N) is 8. The van der Waals surface area contributed by atoms with Crippen molar-refractivity contribution >= 4 is 55.2 Å². The molecule has 0 spiro atoms. The molecule has 8 atom stereocenters. The number of rotatable bonds is 32. The van der Waals surface area contributed by atoms with Crippen molar-refractivity contribution < 1.29 is 72.7 Å². The van der Waals surface area contributed by atoms with Crippen LogP contribution in [0.4, 0.5) is 4.39 Å². The SMILES string of the molecule is CC(NC(=O)C(N[C-]=O)C(C)O)C(=O)NC(C=O)C(C)O.CCc1cc(OCCCCN)ccc1-c1ccc(C[C@H](NC)C(=O)NC(CCCc2cc(C)cc(C)c2)C(=O)NC)cc1.CNC(C=O)CC=O.CNCC=O.CO.CO.Cc1ccccc1F.[Fm]. The number of aliphatic hydroxyl groups is 4. The maximum absolute atomic E-state index is 13.3. The van der Waals surface area contributed by atoms with Crippen molar-refractivity contribution in [1.82, 2.24) is 42.5 Å². The van der Waals surface area contributed by atoms with E-state index >= 15 is 0 Å². The minimum atomic E-state index is -1.25. The Labute approximate surface area is 525 Å². The molecule has 90 heavy (non-hydrogen) atoms. The molecule has 4 aromatic carbocycles. The van der Waals surface area contributed by atoms with Crippen LogP contribution in [-0.2, 0) is 62.4 Å². The number of hydrogen-bond donors (Lipinski definition) is 13. The molecule has 0 aliphatic rings. The predicted molar refractivity (Wildman–Crippen MR) is 345 cm³/mol.